The lowest BCUT2D eigenvalue weighted by Crippen LogP contribution is -2.54. The number of H-pyrrole nitrogens is 1. The van der Waals surface area contributed by atoms with Crippen molar-refractivity contribution in [3.8, 4) is 28.1 Å². The smallest absolute Gasteiger partial charge is 0.172 e. The highest BCUT2D eigenvalue weighted by Gasteiger charge is 2.18. The summed E-state index contributed by atoms with van der Waals surface area (Å²) >= 11 is 0. The molecule has 6 nitrogen and oxygen atoms in total. The van der Waals surface area contributed by atoms with E-state index in [1.54, 1.807) is 24.9 Å². The Kier molecular flexibility index (Phi) is 4.75. The van der Waals surface area contributed by atoms with Crippen LogP contribution in [-0.4, -0.2) is 21.5 Å². The first kappa shape index (κ1) is 18.1. The van der Waals surface area contributed by atoms with Gasteiger partial charge in [0.1, 0.15) is 17.9 Å². The summed E-state index contributed by atoms with van der Waals surface area (Å²) in [5.41, 5.74) is 9.67. The first-order chi connectivity index (χ1) is 14.8. The van der Waals surface area contributed by atoms with E-state index in [4.69, 9.17) is 14.1 Å². The fourth-order valence-corrected chi connectivity index (χ4v) is 3.65. The molecule has 0 aliphatic rings. The molecule has 148 valence electrons. The van der Waals surface area contributed by atoms with Gasteiger partial charge in [-0.25, -0.2) is 4.98 Å². The molecule has 4 aromatic heterocycles. The van der Waals surface area contributed by atoms with E-state index in [1.165, 1.54) is 0 Å². The van der Waals surface area contributed by atoms with Crippen LogP contribution in [0.2, 0.25) is 0 Å². The molecule has 0 fully saturated rings. The molecule has 1 aromatic carbocycles. The Morgan fingerprint density at radius 2 is 1.93 bits per heavy atom. The van der Waals surface area contributed by atoms with Crippen molar-refractivity contribution in [2.45, 2.75) is 6.10 Å². The molecule has 0 saturated heterocycles. The van der Waals surface area contributed by atoms with E-state index in [0.717, 1.165) is 39.0 Å². The van der Waals surface area contributed by atoms with Crippen molar-refractivity contribution in [1.29, 1.82) is 0 Å². The summed E-state index contributed by atoms with van der Waals surface area (Å²) in [6.07, 6.45) is 8.68. The van der Waals surface area contributed by atoms with Crippen LogP contribution in [0, 0.1) is 0 Å². The predicted octanol–water partition coefficient (Wildman–Crippen LogP) is 4.25. The summed E-state index contributed by atoms with van der Waals surface area (Å²) in [5.74, 6) is 0.688. The second kappa shape index (κ2) is 7.85. The van der Waals surface area contributed by atoms with Crippen LogP contribution in [-0.2, 0) is 0 Å². The summed E-state index contributed by atoms with van der Waals surface area (Å²) in [5, 5.41) is 1.03. The number of fused-ring (bicyclic) bond motifs is 1. The van der Waals surface area contributed by atoms with Gasteiger partial charge in [-0.05, 0) is 29.8 Å². The minimum absolute atomic E-state index is 0.148. The zero-order chi connectivity index (χ0) is 20.3. The molecular weight excluding hydrogens is 376 g/mol. The second-order valence-corrected chi connectivity index (χ2v) is 6.99. The number of rotatable bonds is 6. The standard InChI is InChI=1S/C24H20N4O2/c25-12-22(16-5-2-1-3-6-16)30-18-11-20(23(27-13-18)17-8-10-29-15-17)21-14-28-24-19(21)7-4-9-26-24/h1-11,13-15,22H,12,25H2,(H,26,28)/p+1/t22-/m0/s1. The normalized spacial score (nSPS) is 12.2. The number of nitrogens with zero attached hydrogens (tertiary/aromatic N) is 2. The molecule has 4 heterocycles. The highest BCUT2D eigenvalue weighted by molar-refractivity contribution is 5.97. The molecule has 0 bridgehead atoms. The van der Waals surface area contributed by atoms with E-state index in [1.807, 2.05) is 48.7 Å². The minimum Gasteiger partial charge on any atom is -0.478 e. The molecule has 0 amide bonds. The minimum atomic E-state index is -0.148. The van der Waals surface area contributed by atoms with Crippen molar-refractivity contribution in [2.24, 2.45) is 0 Å². The van der Waals surface area contributed by atoms with Gasteiger partial charge in [0.05, 0.1) is 24.4 Å². The topological polar surface area (TPSA) is 91.6 Å². The van der Waals surface area contributed by atoms with Gasteiger partial charge in [0.2, 0.25) is 0 Å². The van der Waals surface area contributed by atoms with E-state index in [9.17, 15) is 0 Å². The van der Waals surface area contributed by atoms with Crippen molar-refractivity contribution in [2.75, 3.05) is 6.54 Å². The first-order valence-electron chi connectivity index (χ1n) is 9.79. The van der Waals surface area contributed by atoms with Gasteiger partial charge in [-0.3, -0.25) is 4.98 Å². The highest BCUT2D eigenvalue weighted by atomic mass is 16.5. The number of aromatic amines is 1. The van der Waals surface area contributed by atoms with Crippen LogP contribution in [0.1, 0.15) is 11.7 Å². The zero-order valence-electron chi connectivity index (χ0n) is 16.3. The van der Waals surface area contributed by atoms with E-state index < -0.39 is 0 Å². The van der Waals surface area contributed by atoms with E-state index in [-0.39, 0.29) is 6.10 Å². The molecule has 0 unspecified atom stereocenters. The lowest BCUT2D eigenvalue weighted by atomic mass is 10.0. The van der Waals surface area contributed by atoms with E-state index in [0.29, 0.717) is 12.3 Å². The maximum Gasteiger partial charge on any atom is 0.172 e. The number of pyridine rings is 2. The van der Waals surface area contributed by atoms with Crippen molar-refractivity contribution >= 4 is 11.0 Å². The van der Waals surface area contributed by atoms with Crippen LogP contribution in [0.3, 0.4) is 0 Å². The van der Waals surface area contributed by atoms with Crippen LogP contribution >= 0.6 is 0 Å². The summed E-state index contributed by atoms with van der Waals surface area (Å²) in [4.78, 5) is 12.4. The molecular formula is C24H21N4O2+. The Labute approximate surface area is 173 Å². The number of furan rings is 1. The van der Waals surface area contributed by atoms with Gasteiger partial charge >= 0.3 is 0 Å². The number of hydrogen-bond acceptors (Lipinski definition) is 4. The van der Waals surface area contributed by atoms with Crippen LogP contribution in [0.25, 0.3) is 33.4 Å². The monoisotopic (exact) mass is 397 g/mol. The lowest BCUT2D eigenvalue weighted by molar-refractivity contribution is -0.382. The summed E-state index contributed by atoms with van der Waals surface area (Å²) in [6.45, 7) is 0.611. The summed E-state index contributed by atoms with van der Waals surface area (Å²) in [7, 11) is 0. The van der Waals surface area contributed by atoms with Crippen molar-refractivity contribution in [1.82, 2.24) is 15.0 Å². The Morgan fingerprint density at radius 1 is 1.03 bits per heavy atom. The number of ether oxygens (including phenoxy) is 1. The number of aromatic nitrogens is 3. The average molecular weight is 397 g/mol. The molecule has 5 rings (SSSR count). The van der Waals surface area contributed by atoms with Gasteiger partial charge in [0, 0.05) is 34.5 Å². The van der Waals surface area contributed by atoms with Gasteiger partial charge in [0.15, 0.2) is 6.10 Å². The predicted molar refractivity (Wildman–Crippen MR) is 115 cm³/mol. The van der Waals surface area contributed by atoms with Crippen LogP contribution in [0.5, 0.6) is 5.75 Å². The Bertz CT molecular complexity index is 1260. The highest BCUT2D eigenvalue weighted by Crippen LogP contribution is 2.37. The molecule has 0 radical (unpaired) electrons. The third-order valence-electron chi connectivity index (χ3n) is 5.11. The quantitative estimate of drug-likeness (QED) is 0.448. The van der Waals surface area contributed by atoms with Gasteiger partial charge in [-0.15, -0.1) is 0 Å². The molecule has 1 atom stereocenters. The number of quaternary nitrogens is 1. The SMILES string of the molecule is [NH3+]C[C@H](Oc1cnc(-c2ccoc2)c(-c2c[nH]c3ncccc23)c1)c1ccccc1. The van der Waals surface area contributed by atoms with Crippen molar-refractivity contribution in [3.63, 3.8) is 0 Å². The molecule has 4 N–H and O–H groups in total. The third kappa shape index (κ3) is 3.33. The molecule has 0 aliphatic carbocycles. The number of nitrogens with one attached hydrogen (secondary N) is 1. The van der Waals surface area contributed by atoms with Crippen LogP contribution < -0.4 is 10.5 Å². The van der Waals surface area contributed by atoms with Crippen molar-refractivity contribution in [3.05, 3.63) is 91.3 Å². The fraction of sp³-hybridized carbons (Fsp3) is 0.0833. The van der Waals surface area contributed by atoms with E-state index >= 15 is 0 Å². The molecule has 6 heteroatoms. The van der Waals surface area contributed by atoms with Gasteiger partial charge in [0.25, 0.3) is 0 Å². The van der Waals surface area contributed by atoms with Crippen LogP contribution in [0.15, 0.2) is 90.1 Å². The number of benzene rings is 1. The summed E-state index contributed by atoms with van der Waals surface area (Å²) in [6, 6.07) is 18.0. The molecule has 5 aromatic rings. The fourth-order valence-electron chi connectivity index (χ4n) is 3.65. The Hall–Kier alpha value is -3.90. The van der Waals surface area contributed by atoms with Crippen LogP contribution in [0.4, 0.5) is 0 Å². The average Bonchev–Trinajstić information content (AvgIpc) is 3.48. The molecule has 0 aliphatic heterocycles. The maximum atomic E-state index is 6.30. The van der Waals surface area contributed by atoms with E-state index in [2.05, 4.69) is 27.8 Å². The molecule has 30 heavy (non-hydrogen) atoms. The first-order valence-corrected chi connectivity index (χ1v) is 9.79. The van der Waals surface area contributed by atoms with Crippen molar-refractivity contribution < 1.29 is 14.9 Å². The van der Waals surface area contributed by atoms with Gasteiger partial charge < -0.3 is 19.9 Å². The van der Waals surface area contributed by atoms with Gasteiger partial charge in [-0.2, -0.15) is 0 Å². The third-order valence-corrected chi connectivity index (χ3v) is 5.11. The maximum absolute atomic E-state index is 6.30. The molecule has 0 spiro atoms. The Balaban J connectivity index is 1.60. The summed E-state index contributed by atoms with van der Waals surface area (Å²) < 4.78 is 11.6. The number of hydrogen-bond donors (Lipinski definition) is 2. The largest absolute Gasteiger partial charge is 0.478 e. The molecule has 0 saturated carbocycles. The second-order valence-electron chi connectivity index (χ2n) is 6.99. The lowest BCUT2D eigenvalue weighted by Gasteiger charge is -2.17. The zero-order valence-corrected chi connectivity index (χ0v) is 16.3. The Morgan fingerprint density at radius 3 is 2.73 bits per heavy atom. The van der Waals surface area contributed by atoms with Gasteiger partial charge in [-0.1, -0.05) is 30.3 Å².